The second-order valence-corrected chi connectivity index (χ2v) is 4.17. The molecule has 5 nitrogen and oxygen atoms in total. The number of rotatable bonds is 3. The summed E-state index contributed by atoms with van der Waals surface area (Å²) < 4.78 is 0. The van der Waals surface area contributed by atoms with Crippen LogP contribution in [0.5, 0.6) is 0 Å². The average molecular weight is 234 g/mol. The number of hydrogen-bond donors (Lipinski definition) is 2. The third-order valence-electron chi connectivity index (χ3n) is 2.97. The number of benzene rings is 1. The van der Waals surface area contributed by atoms with Gasteiger partial charge in [0.05, 0.1) is 5.92 Å². The van der Waals surface area contributed by atoms with Gasteiger partial charge >= 0.3 is 5.97 Å². The maximum atomic E-state index is 11.9. The monoisotopic (exact) mass is 234 g/mol. The molecule has 1 unspecified atom stereocenters. The van der Waals surface area contributed by atoms with Gasteiger partial charge in [-0.1, -0.05) is 30.3 Å². The molecule has 1 aromatic carbocycles. The van der Waals surface area contributed by atoms with E-state index in [-0.39, 0.29) is 19.0 Å². The molecule has 0 radical (unpaired) electrons. The van der Waals surface area contributed by atoms with Gasteiger partial charge in [-0.25, -0.2) is 0 Å². The van der Waals surface area contributed by atoms with Crippen molar-refractivity contribution in [1.82, 2.24) is 4.90 Å². The Balaban J connectivity index is 1.96. The van der Waals surface area contributed by atoms with Gasteiger partial charge in [0.25, 0.3) is 0 Å². The molecule has 1 amide bonds. The van der Waals surface area contributed by atoms with E-state index in [2.05, 4.69) is 0 Å². The Morgan fingerprint density at radius 2 is 1.88 bits per heavy atom. The number of amides is 1. The number of likely N-dealkylation sites (tertiary alicyclic amines) is 1. The molecule has 0 saturated carbocycles. The number of nitrogens with two attached hydrogens (primary N) is 1. The van der Waals surface area contributed by atoms with Crippen molar-refractivity contribution in [3.8, 4) is 0 Å². The summed E-state index contributed by atoms with van der Waals surface area (Å²) in [5.41, 5.74) is 6.58. The van der Waals surface area contributed by atoms with Crippen molar-refractivity contribution in [2.75, 3.05) is 13.1 Å². The average Bonchev–Trinajstić information content (AvgIpc) is 2.26. The molecule has 1 heterocycles. The lowest BCUT2D eigenvalue weighted by Gasteiger charge is -2.38. The van der Waals surface area contributed by atoms with Crippen molar-refractivity contribution < 1.29 is 14.7 Å². The largest absolute Gasteiger partial charge is 0.481 e. The molecule has 0 spiro atoms. The summed E-state index contributed by atoms with van der Waals surface area (Å²) in [6.07, 6.45) is 0. The van der Waals surface area contributed by atoms with Gasteiger partial charge in [0.15, 0.2) is 0 Å². The van der Waals surface area contributed by atoms with Crippen LogP contribution in [0.1, 0.15) is 11.6 Å². The first kappa shape index (κ1) is 11.6. The standard InChI is InChI=1S/C12H14N2O3/c13-10(8-4-2-1-3-5-8)11(15)14-6-9(7-14)12(16)17/h1-5,9-10H,6-7,13H2,(H,16,17). The summed E-state index contributed by atoms with van der Waals surface area (Å²) in [6, 6.07) is 8.36. The molecule has 1 atom stereocenters. The predicted octanol–water partition coefficient (Wildman–Crippen LogP) is 0.229. The molecule has 0 aliphatic carbocycles. The molecule has 1 aliphatic rings. The molecule has 3 N–H and O–H groups in total. The fourth-order valence-corrected chi connectivity index (χ4v) is 1.81. The molecule has 2 rings (SSSR count). The first-order valence-electron chi connectivity index (χ1n) is 5.41. The molecular formula is C12H14N2O3. The number of carbonyl (C=O) groups excluding carboxylic acids is 1. The molecule has 5 heteroatoms. The number of hydrogen-bond acceptors (Lipinski definition) is 3. The first-order valence-corrected chi connectivity index (χ1v) is 5.41. The van der Waals surface area contributed by atoms with Crippen LogP contribution in [0.4, 0.5) is 0 Å². The topological polar surface area (TPSA) is 83.6 Å². The van der Waals surface area contributed by atoms with Gasteiger partial charge in [-0.3, -0.25) is 9.59 Å². The van der Waals surface area contributed by atoms with Crippen LogP contribution in [0.2, 0.25) is 0 Å². The minimum absolute atomic E-state index is 0.214. The van der Waals surface area contributed by atoms with Gasteiger partial charge in [0, 0.05) is 13.1 Å². The lowest BCUT2D eigenvalue weighted by molar-refractivity contribution is -0.153. The van der Waals surface area contributed by atoms with E-state index in [1.807, 2.05) is 18.2 Å². The molecule has 1 fully saturated rings. The van der Waals surface area contributed by atoms with E-state index in [1.54, 1.807) is 12.1 Å². The number of nitrogens with zero attached hydrogens (tertiary/aromatic N) is 1. The van der Waals surface area contributed by atoms with Gasteiger partial charge in [-0.15, -0.1) is 0 Å². The van der Waals surface area contributed by atoms with Gasteiger partial charge in [0.1, 0.15) is 6.04 Å². The van der Waals surface area contributed by atoms with Crippen molar-refractivity contribution in [3.05, 3.63) is 35.9 Å². The van der Waals surface area contributed by atoms with Crippen molar-refractivity contribution in [3.63, 3.8) is 0 Å². The summed E-state index contributed by atoms with van der Waals surface area (Å²) in [4.78, 5) is 24.0. The molecule has 17 heavy (non-hydrogen) atoms. The zero-order valence-electron chi connectivity index (χ0n) is 9.24. The van der Waals surface area contributed by atoms with E-state index < -0.39 is 17.9 Å². The molecule has 90 valence electrons. The summed E-state index contributed by atoms with van der Waals surface area (Å²) in [5, 5.41) is 8.72. The first-order chi connectivity index (χ1) is 8.09. The highest BCUT2D eigenvalue weighted by atomic mass is 16.4. The Hall–Kier alpha value is -1.88. The normalized spacial score (nSPS) is 17.4. The lowest BCUT2D eigenvalue weighted by Crippen LogP contribution is -2.55. The van der Waals surface area contributed by atoms with E-state index in [9.17, 15) is 9.59 Å². The molecule has 0 bridgehead atoms. The maximum absolute atomic E-state index is 11.9. The van der Waals surface area contributed by atoms with E-state index >= 15 is 0 Å². The van der Waals surface area contributed by atoms with E-state index in [0.29, 0.717) is 0 Å². The Morgan fingerprint density at radius 3 is 2.41 bits per heavy atom. The van der Waals surface area contributed by atoms with Gasteiger partial charge in [-0.2, -0.15) is 0 Å². The Bertz CT molecular complexity index is 427. The number of carboxylic acids is 1. The summed E-state index contributed by atoms with van der Waals surface area (Å²) >= 11 is 0. The molecular weight excluding hydrogens is 220 g/mol. The van der Waals surface area contributed by atoms with Crippen LogP contribution < -0.4 is 5.73 Å². The van der Waals surface area contributed by atoms with Crippen LogP contribution in [0.25, 0.3) is 0 Å². The van der Waals surface area contributed by atoms with Crippen LogP contribution in [-0.4, -0.2) is 35.0 Å². The number of carboxylic acid groups (broad SMARTS) is 1. The van der Waals surface area contributed by atoms with Crippen molar-refractivity contribution >= 4 is 11.9 Å². The highest BCUT2D eigenvalue weighted by Crippen LogP contribution is 2.21. The minimum Gasteiger partial charge on any atom is -0.481 e. The summed E-state index contributed by atoms with van der Waals surface area (Å²) in [6.45, 7) is 0.517. The van der Waals surface area contributed by atoms with E-state index in [4.69, 9.17) is 10.8 Å². The Kier molecular flexibility index (Phi) is 3.10. The number of carbonyl (C=O) groups is 2. The van der Waals surface area contributed by atoms with Crippen molar-refractivity contribution in [2.45, 2.75) is 6.04 Å². The molecule has 0 aromatic heterocycles. The Labute approximate surface area is 98.8 Å². The second kappa shape index (κ2) is 4.55. The number of aliphatic carboxylic acids is 1. The van der Waals surface area contributed by atoms with Crippen LogP contribution >= 0.6 is 0 Å². The van der Waals surface area contributed by atoms with Crippen molar-refractivity contribution in [2.24, 2.45) is 11.7 Å². The summed E-state index contributed by atoms with van der Waals surface area (Å²) in [7, 11) is 0. The van der Waals surface area contributed by atoms with E-state index in [1.165, 1.54) is 4.90 Å². The molecule has 1 aliphatic heterocycles. The third kappa shape index (κ3) is 2.29. The fourth-order valence-electron chi connectivity index (χ4n) is 1.81. The molecule has 1 saturated heterocycles. The van der Waals surface area contributed by atoms with Gasteiger partial charge < -0.3 is 15.7 Å². The van der Waals surface area contributed by atoms with Crippen LogP contribution in [-0.2, 0) is 9.59 Å². The second-order valence-electron chi connectivity index (χ2n) is 4.17. The third-order valence-corrected chi connectivity index (χ3v) is 2.97. The smallest absolute Gasteiger partial charge is 0.310 e. The van der Waals surface area contributed by atoms with Gasteiger partial charge in [-0.05, 0) is 5.56 Å². The minimum atomic E-state index is -0.859. The van der Waals surface area contributed by atoms with Crippen LogP contribution in [0, 0.1) is 5.92 Å². The lowest BCUT2D eigenvalue weighted by atomic mass is 9.97. The highest BCUT2D eigenvalue weighted by Gasteiger charge is 2.37. The van der Waals surface area contributed by atoms with Crippen molar-refractivity contribution in [1.29, 1.82) is 0 Å². The predicted molar refractivity (Wildman–Crippen MR) is 61.1 cm³/mol. The highest BCUT2D eigenvalue weighted by molar-refractivity contribution is 5.85. The quantitative estimate of drug-likeness (QED) is 0.784. The Morgan fingerprint density at radius 1 is 1.29 bits per heavy atom. The fraction of sp³-hybridized carbons (Fsp3) is 0.333. The maximum Gasteiger partial charge on any atom is 0.310 e. The van der Waals surface area contributed by atoms with Crippen LogP contribution in [0.15, 0.2) is 30.3 Å². The zero-order chi connectivity index (χ0) is 12.4. The SMILES string of the molecule is NC(C(=O)N1CC(C(=O)O)C1)c1ccccc1. The zero-order valence-corrected chi connectivity index (χ0v) is 9.24. The van der Waals surface area contributed by atoms with Gasteiger partial charge in [0.2, 0.25) is 5.91 Å². The summed E-state index contributed by atoms with van der Waals surface area (Å²) in [5.74, 6) is -1.52. The molecule has 1 aromatic rings. The van der Waals surface area contributed by atoms with E-state index in [0.717, 1.165) is 5.56 Å². The van der Waals surface area contributed by atoms with Crippen LogP contribution in [0.3, 0.4) is 0 Å².